The number of benzene rings is 3. The molecule has 0 fully saturated rings. The van der Waals surface area contributed by atoms with Crippen LogP contribution < -0.4 is 9.62 Å². The van der Waals surface area contributed by atoms with E-state index in [1.54, 1.807) is 12.1 Å². The van der Waals surface area contributed by atoms with Gasteiger partial charge in [0.05, 0.1) is 18.0 Å². The summed E-state index contributed by atoms with van der Waals surface area (Å²) >= 11 is 0. The van der Waals surface area contributed by atoms with Crippen molar-refractivity contribution < 1.29 is 13.2 Å². The van der Waals surface area contributed by atoms with E-state index in [0.29, 0.717) is 5.69 Å². The van der Waals surface area contributed by atoms with E-state index in [2.05, 4.69) is 5.32 Å². The quantitative estimate of drug-likeness (QED) is 0.626. The number of aryl methyl sites for hydroxylation is 2. The van der Waals surface area contributed by atoms with Crippen molar-refractivity contribution in [2.24, 2.45) is 0 Å². The second kappa shape index (κ2) is 9.13. The molecule has 0 saturated heterocycles. The van der Waals surface area contributed by atoms with Crippen LogP contribution in [0.3, 0.4) is 0 Å². The number of rotatable bonds is 7. The highest BCUT2D eigenvalue weighted by molar-refractivity contribution is 7.92. The van der Waals surface area contributed by atoms with Crippen molar-refractivity contribution in [2.45, 2.75) is 19.9 Å². The molecule has 0 aromatic heterocycles. The largest absolute Gasteiger partial charge is 0.344 e. The lowest BCUT2D eigenvalue weighted by atomic mass is 9.98. The van der Waals surface area contributed by atoms with E-state index in [4.69, 9.17) is 0 Å². The van der Waals surface area contributed by atoms with Gasteiger partial charge >= 0.3 is 0 Å². The third kappa shape index (κ3) is 5.27. The minimum absolute atomic E-state index is 0.293. The standard InChI is InChI=1S/C24H26N2O3S/c1-18-13-15-21(16-14-18)24(20-10-5-4-6-11-20)25-23(27)17-26(30(3,28)29)22-12-8-7-9-19(22)2/h4-16,24H,17H2,1-3H3,(H,25,27)/t24-/m0/s1. The molecule has 30 heavy (non-hydrogen) atoms. The number of anilines is 1. The topological polar surface area (TPSA) is 66.5 Å². The minimum Gasteiger partial charge on any atom is -0.344 e. The Morgan fingerprint density at radius 3 is 2.03 bits per heavy atom. The number of hydrogen-bond acceptors (Lipinski definition) is 3. The summed E-state index contributed by atoms with van der Waals surface area (Å²) in [6.45, 7) is 3.54. The molecule has 3 aromatic carbocycles. The molecule has 0 spiro atoms. The molecular formula is C24H26N2O3S. The van der Waals surface area contributed by atoms with Crippen molar-refractivity contribution in [2.75, 3.05) is 17.1 Å². The fourth-order valence-corrected chi connectivity index (χ4v) is 4.24. The number of nitrogens with one attached hydrogen (secondary N) is 1. The number of para-hydroxylation sites is 1. The number of nitrogens with zero attached hydrogens (tertiary/aromatic N) is 1. The molecule has 0 saturated carbocycles. The van der Waals surface area contributed by atoms with Crippen LogP contribution in [0.1, 0.15) is 28.3 Å². The van der Waals surface area contributed by atoms with Crippen LogP contribution in [-0.4, -0.2) is 27.1 Å². The third-order valence-corrected chi connectivity index (χ3v) is 6.05. The molecule has 5 nitrogen and oxygen atoms in total. The zero-order valence-corrected chi connectivity index (χ0v) is 18.2. The Labute approximate surface area is 178 Å². The zero-order valence-electron chi connectivity index (χ0n) is 17.4. The van der Waals surface area contributed by atoms with Gasteiger partial charge in [-0.25, -0.2) is 8.42 Å². The molecule has 1 N–H and O–H groups in total. The van der Waals surface area contributed by atoms with E-state index >= 15 is 0 Å². The van der Waals surface area contributed by atoms with E-state index in [-0.39, 0.29) is 18.5 Å². The molecule has 0 aliphatic rings. The van der Waals surface area contributed by atoms with Gasteiger partial charge in [-0.1, -0.05) is 78.4 Å². The van der Waals surface area contributed by atoms with E-state index in [1.165, 1.54) is 0 Å². The van der Waals surface area contributed by atoms with Crippen molar-refractivity contribution in [3.8, 4) is 0 Å². The average Bonchev–Trinajstić information content (AvgIpc) is 2.71. The Balaban J connectivity index is 1.89. The van der Waals surface area contributed by atoms with Crippen LogP contribution in [0.5, 0.6) is 0 Å². The van der Waals surface area contributed by atoms with E-state index in [9.17, 15) is 13.2 Å². The summed E-state index contributed by atoms with van der Waals surface area (Å²) in [6.07, 6.45) is 1.11. The molecule has 1 amide bonds. The molecule has 0 bridgehead atoms. The Kier molecular flexibility index (Phi) is 6.57. The van der Waals surface area contributed by atoms with Crippen molar-refractivity contribution in [1.29, 1.82) is 0 Å². The summed E-state index contributed by atoms with van der Waals surface area (Å²) in [5.74, 6) is -0.377. The molecule has 0 unspecified atom stereocenters. The molecule has 3 aromatic rings. The number of amides is 1. The normalized spacial score (nSPS) is 12.2. The number of carbonyl (C=O) groups is 1. The maximum Gasteiger partial charge on any atom is 0.241 e. The van der Waals surface area contributed by atoms with Gasteiger partial charge in [-0.2, -0.15) is 0 Å². The highest BCUT2D eigenvalue weighted by atomic mass is 32.2. The summed E-state index contributed by atoms with van der Waals surface area (Å²) in [5, 5.41) is 3.02. The highest BCUT2D eigenvalue weighted by Gasteiger charge is 2.24. The summed E-state index contributed by atoms with van der Waals surface area (Å²) < 4.78 is 26.0. The zero-order chi connectivity index (χ0) is 21.7. The molecule has 1 atom stereocenters. The van der Waals surface area contributed by atoms with E-state index < -0.39 is 10.0 Å². The lowest BCUT2D eigenvalue weighted by Gasteiger charge is -2.26. The molecule has 156 valence electrons. The average molecular weight is 423 g/mol. The third-order valence-electron chi connectivity index (χ3n) is 4.92. The SMILES string of the molecule is Cc1ccc([C@@H](NC(=O)CN(c2ccccc2C)S(C)(=O)=O)c2ccccc2)cc1. The van der Waals surface area contributed by atoms with Crippen molar-refractivity contribution >= 4 is 21.6 Å². The summed E-state index contributed by atoms with van der Waals surface area (Å²) in [5.41, 5.74) is 4.27. The smallest absolute Gasteiger partial charge is 0.241 e. The van der Waals surface area contributed by atoms with Crippen molar-refractivity contribution in [1.82, 2.24) is 5.32 Å². The van der Waals surface area contributed by atoms with Crippen molar-refractivity contribution in [3.63, 3.8) is 0 Å². The Morgan fingerprint density at radius 1 is 0.867 bits per heavy atom. The summed E-state index contributed by atoms with van der Waals surface area (Å²) in [4.78, 5) is 13.0. The second-order valence-electron chi connectivity index (χ2n) is 7.38. The molecule has 0 radical (unpaired) electrons. The van der Waals surface area contributed by atoms with Gasteiger partial charge in [0, 0.05) is 0 Å². The van der Waals surface area contributed by atoms with Gasteiger partial charge in [-0.05, 0) is 36.6 Å². The van der Waals surface area contributed by atoms with Gasteiger partial charge in [-0.3, -0.25) is 9.10 Å². The first kappa shape index (κ1) is 21.6. The van der Waals surface area contributed by atoms with Gasteiger partial charge in [0.1, 0.15) is 6.54 Å². The minimum atomic E-state index is -3.63. The van der Waals surface area contributed by atoms with Gasteiger partial charge in [0.2, 0.25) is 15.9 Å². The Hall–Kier alpha value is -3.12. The predicted molar refractivity (Wildman–Crippen MR) is 121 cm³/mol. The number of sulfonamides is 1. The Morgan fingerprint density at radius 2 is 1.43 bits per heavy atom. The number of carbonyl (C=O) groups excluding carboxylic acids is 1. The first-order valence-electron chi connectivity index (χ1n) is 9.70. The maximum absolute atomic E-state index is 13.0. The van der Waals surface area contributed by atoms with Gasteiger partial charge in [-0.15, -0.1) is 0 Å². The van der Waals surface area contributed by atoms with Crippen LogP contribution in [-0.2, 0) is 14.8 Å². The van der Waals surface area contributed by atoms with E-state index in [1.807, 2.05) is 80.6 Å². The summed E-state index contributed by atoms with van der Waals surface area (Å²) in [7, 11) is -3.63. The van der Waals surface area contributed by atoms with Gasteiger partial charge < -0.3 is 5.32 Å². The van der Waals surface area contributed by atoms with Crippen LogP contribution in [0.2, 0.25) is 0 Å². The van der Waals surface area contributed by atoms with Crippen LogP contribution in [0.25, 0.3) is 0 Å². The maximum atomic E-state index is 13.0. The van der Waals surface area contributed by atoms with Crippen LogP contribution in [0.15, 0.2) is 78.9 Å². The number of hydrogen-bond donors (Lipinski definition) is 1. The molecule has 0 aliphatic carbocycles. The molecular weight excluding hydrogens is 396 g/mol. The monoisotopic (exact) mass is 422 g/mol. The fraction of sp³-hybridized carbons (Fsp3) is 0.208. The predicted octanol–water partition coefficient (Wildman–Crippen LogP) is 3.98. The van der Waals surface area contributed by atoms with Crippen LogP contribution in [0.4, 0.5) is 5.69 Å². The lowest BCUT2D eigenvalue weighted by molar-refractivity contribution is -0.120. The molecule has 0 aliphatic heterocycles. The fourth-order valence-electron chi connectivity index (χ4n) is 3.32. The molecule has 0 heterocycles. The van der Waals surface area contributed by atoms with Gasteiger partial charge in [0.25, 0.3) is 0 Å². The second-order valence-corrected chi connectivity index (χ2v) is 9.28. The van der Waals surface area contributed by atoms with Crippen LogP contribution >= 0.6 is 0 Å². The van der Waals surface area contributed by atoms with Crippen LogP contribution in [0, 0.1) is 13.8 Å². The van der Waals surface area contributed by atoms with Gasteiger partial charge in [0.15, 0.2) is 0 Å². The summed E-state index contributed by atoms with van der Waals surface area (Å²) in [6, 6.07) is 24.3. The first-order valence-corrected chi connectivity index (χ1v) is 11.5. The molecule has 6 heteroatoms. The van der Waals surface area contributed by atoms with Crippen molar-refractivity contribution in [3.05, 3.63) is 101 Å². The highest BCUT2D eigenvalue weighted by Crippen LogP contribution is 2.24. The van der Waals surface area contributed by atoms with E-state index in [0.717, 1.165) is 32.8 Å². The lowest BCUT2D eigenvalue weighted by Crippen LogP contribution is -2.42. The first-order chi connectivity index (χ1) is 14.3. The molecule has 3 rings (SSSR count). The Bertz CT molecular complexity index is 1110.